The van der Waals surface area contributed by atoms with Crippen molar-refractivity contribution in [3.8, 4) is 27.6 Å². The van der Waals surface area contributed by atoms with Gasteiger partial charge in [0.25, 0.3) is 0 Å². The molecule has 1 aromatic carbocycles. The molecule has 25 heavy (non-hydrogen) atoms. The summed E-state index contributed by atoms with van der Waals surface area (Å²) in [5.74, 6) is -0.272. The summed E-state index contributed by atoms with van der Waals surface area (Å²) in [5.41, 5.74) is 2.21. The van der Waals surface area contributed by atoms with Gasteiger partial charge in [-0.2, -0.15) is 0 Å². The molecule has 3 rings (SSSR count). The number of esters is 1. The number of H-pyrrole nitrogens is 1. The van der Waals surface area contributed by atoms with Gasteiger partial charge in [0.05, 0.1) is 24.8 Å². The number of benzene rings is 1. The van der Waals surface area contributed by atoms with Gasteiger partial charge in [0.15, 0.2) is 5.75 Å². The fraction of sp³-hybridized carbons (Fsp3) is 0.125. The molecule has 0 aliphatic carbocycles. The molecule has 2 heterocycles. The van der Waals surface area contributed by atoms with Crippen molar-refractivity contribution in [2.45, 2.75) is 0 Å². The molecule has 0 saturated carbocycles. The van der Waals surface area contributed by atoms with Crippen molar-refractivity contribution >= 4 is 23.0 Å². The molecule has 0 atom stereocenters. The van der Waals surface area contributed by atoms with Crippen molar-refractivity contribution in [1.29, 1.82) is 0 Å². The summed E-state index contributed by atoms with van der Waals surface area (Å²) < 4.78 is 9.65. The Kier molecular flexibility index (Phi) is 4.48. The van der Waals surface area contributed by atoms with Gasteiger partial charge in [-0.15, -0.1) is 11.3 Å². The number of hydrogen-bond donors (Lipinski definition) is 1. The maximum Gasteiger partial charge on any atom is 0.354 e. The molecule has 128 valence electrons. The number of hydrogen-bond acceptors (Lipinski definition) is 7. The molecule has 0 aliphatic heterocycles. The van der Waals surface area contributed by atoms with Crippen LogP contribution in [0.2, 0.25) is 0 Å². The van der Waals surface area contributed by atoms with Crippen molar-refractivity contribution in [2.24, 2.45) is 0 Å². The molecule has 2 aromatic heterocycles. The molecule has 0 saturated heterocycles. The maximum atomic E-state index is 11.5. The molecule has 8 nitrogen and oxygen atoms in total. The lowest BCUT2D eigenvalue weighted by molar-refractivity contribution is -0.385. The van der Waals surface area contributed by atoms with Crippen molar-refractivity contribution in [3.05, 3.63) is 51.7 Å². The molecule has 9 heteroatoms. The average Bonchev–Trinajstić information content (AvgIpc) is 3.29. The number of aromatic amines is 1. The Balaban J connectivity index is 1.94. The third kappa shape index (κ3) is 3.22. The van der Waals surface area contributed by atoms with E-state index in [1.54, 1.807) is 24.4 Å². The van der Waals surface area contributed by atoms with Crippen LogP contribution in [0.1, 0.15) is 10.5 Å². The first kappa shape index (κ1) is 16.7. The molecule has 0 fully saturated rings. The van der Waals surface area contributed by atoms with Crippen molar-refractivity contribution in [3.63, 3.8) is 0 Å². The summed E-state index contributed by atoms with van der Waals surface area (Å²) in [6.07, 6.45) is 1.65. The van der Waals surface area contributed by atoms with E-state index in [1.807, 2.05) is 5.38 Å². The van der Waals surface area contributed by atoms with Crippen LogP contribution in [0.3, 0.4) is 0 Å². The number of aromatic nitrogens is 2. The van der Waals surface area contributed by atoms with Gasteiger partial charge in [0.2, 0.25) is 0 Å². The van der Waals surface area contributed by atoms with Crippen LogP contribution in [0.25, 0.3) is 21.8 Å². The zero-order chi connectivity index (χ0) is 18.0. The van der Waals surface area contributed by atoms with E-state index in [0.717, 1.165) is 5.56 Å². The number of ether oxygens (including phenoxy) is 2. The van der Waals surface area contributed by atoms with Crippen LogP contribution in [0.15, 0.2) is 35.8 Å². The van der Waals surface area contributed by atoms with Crippen LogP contribution in [0, 0.1) is 10.1 Å². The number of rotatable bonds is 5. The lowest BCUT2D eigenvalue weighted by atomic mass is 10.2. The SMILES string of the molecule is COC(=O)c1cc(-c2csc(-c3ccc(OC)c([N+](=O)[O-])c3)n2)c[nH]1. The van der Waals surface area contributed by atoms with E-state index >= 15 is 0 Å². The minimum absolute atomic E-state index is 0.119. The molecule has 0 amide bonds. The number of carbonyl (C=O) groups is 1. The molecule has 0 spiro atoms. The Morgan fingerprint density at radius 3 is 2.76 bits per heavy atom. The Morgan fingerprint density at radius 1 is 1.28 bits per heavy atom. The van der Waals surface area contributed by atoms with E-state index in [-0.39, 0.29) is 11.4 Å². The summed E-state index contributed by atoms with van der Waals surface area (Å²) in [5, 5.41) is 13.6. The highest BCUT2D eigenvalue weighted by atomic mass is 32.1. The molecular weight excluding hydrogens is 346 g/mol. The predicted octanol–water partition coefficient (Wildman–Crippen LogP) is 3.51. The highest BCUT2D eigenvalue weighted by molar-refractivity contribution is 7.13. The molecule has 1 N–H and O–H groups in total. The van der Waals surface area contributed by atoms with Crippen LogP contribution >= 0.6 is 11.3 Å². The second-order valence-electron chi connectivity index (χ2n) is 4.98. The van der Waals surface area contributed by atoms with E-state index in [4.69, 9.17) is 4.74 Å². The Morgan fingerprint density at radius 2 is 2.08 bits per heavy atom. The van der Waals surface area contributed by atoms with E-state index in [0.29, 0.717) is 22.0 Å². The summed E-state index contributed by atoms with van der Waals surface area (Å²) in [6.45, 7) is 0. The maximum absolute atomic E-state index is 11.5. The molecule has 0 bridgehead atoms. The second-order valence-corrected chi connectivity index (χ2v) is 5.83. The van der Waals surface area contributed by atoms with Crippen molar-refractivity contribution in [1.82, 2.24) is 9.97 Å². The van der Waals surface area contributed by atoms with Gasteiger partial charge in [-0.3, -0.25) is 10.1 Å². The third-order valence-electron chi connectivity index (χ3n) is 3.51. The lowest BCUT2D eigenvalue weighted by Crippen LogP contribution is -2.00. The van der Waals surface area contributed by atoms with Crippen LogP contribution in [-0.4, -0.2) is 35.1 Å². The number of carbonyl (C=O) groups excluding carboxylic acids is 1. The monoisotopic (exact) mass is 359 g/mol. The van der Waals surface area contributed by atoms with Crippen LogP contribution in [0.5, 0.6) is 5.75 Å². The normalized spacial score (nSPS) is 10.5. The summed E-state index contributed by atoms with van der Waals surface area (Å²) >= 11 is 1.35. The first-order valence-electron chi connectivity index (χ1n) is 7.09. The third-order valence-corrected chi connectivity index (χ3v) is 4.40. The number of nitrogens with one attached hydrogen (secondary N) is 1. The minimum Gasteiger partial charge on any atom is -0.490 e. The number of thiazole rings is 1. The van der Waals surface area contributed by atoms with Crippen LogP contribution in [0.4, 0.5) is 5.69 Å². The average molecular weight is 359 g/mol. The predicted molar refractivity (Wildman–Crippen MR) is 91.9 cm³/mol. The van der Waals surface area contributed by atoms with Gasteiger partial charge in [-0.05, 0) is 18.2 Å². The second kappa shape index (κ2) is 6.73. The molecule has 0 radical (unpaired) electrons. The lowest BCUT2D eigenvalue weighted by Gasteiger charge is -2.02. The first-order valence-corrected chi connectivity index (χ1v) is 7.97. The molecule has 0 aliphatic rings. The van der Waals surface area contributed by atoms with E-state index in [2.05, 4.69) is 14.7 Å². The highest BCUT2D eigenvalue weighted by Gasteiger charge is 2.18. The Hall–Kier alpha value is -3.20. The Labute approximate surface area is 146 Å². The zero-order valence-corrected chi connectivity index (χ0v) is 14.1. The minimum atomic E-state index is -0.494. The number of nitro groups is 1. The summed E-state index contributed by atoms with van der Waals surface area (Å²) in [7, 11) is 2.69. The fourth-order valence-corrected chi connectivity index (χ4v) is 3.10. The first-order chi connectivity index (χ1) is 12.0. The smallest absolute Gasteiger partial charge is 0.354 e. The van der Waals surface area contributed by atoms with E-state index in [1.165, 1.54) is 31.6 Å². The van der Waals surface area contributed by atoms with E-state index < -0.39 is 10.9 Å². The van der Waals surface area contributed by atoms with Crippen LogP contribution in [-0.2, 0) is 4.74 Å². The van der Waals surface area contributed by atoms with Gasteiger partial charge in [-0.25, -0.2) is 9.78 Å². The quantitative estimate of drug-likeness (QED) is 0.424. The van der Waals surface area contributed by atoms with E-state index in [9.17, 15) is 14.9 Å². The number of nitrogens with zero attached hydrogens (tertiary/aromatic N) is 2. The summed E-state index contributed by atoms with van der Waals surface area (Å²) in [6, 6.07) is 6.32. The number of nitro benzene ring substituents is 1. The Bertz CT molecular complexity index is 947. The summed E-state index contributed by atoms with van der Waals surface area (Å²) in [4.78, 5) is 29.5. The van der Waals surface area contributed by atoms with Gasteiger partial charge >= 0.3 is 11.7 Å². The topological polar surface area (TPSA) is 107 Å². The fourth-order valence-electron chi connectivity index (χ4n) is 2.27. The van der Waals surface area contributed by atoms with Crippen molar-refractivity contribution in [2.75, 3.05) is 14.2 Å². The van der Waals surface area contributed by atoms with Gasteiger partial charge in [0, 0.05) is 28.8 Å². The highest BCUT2D eigenvalue weighted by Crippen LogP contribution is 2.35. The van der Waals surface area contributed by atoms with Gasteiger partial charge in [0.1, 0.15) is 10.7 Å². The molecular formula is C16H13N3O5S. The number of methoxy groups -OCH3 is 2. The zero-order valence-electron chi connectivity index (χ0n) is 13.3. The van der Waals surface area contributed by atoms with Gasteiger partial charge in [-0.1, -0.05) is 0 Å². The van der Waals surface area contributed by atoms with Crippen molar-refractivity contribution < 1.29 is 19.2 Å². The standard InChI is InChI=1S/C16H13N3O5S/c1-23-14-4-3-9(6-13(14)19(21)22)15-18-12(8-25-15)10-5-11(17-7-10)16(20)24-2/h3-8,17H,1-2H3. The van der Waals surface area contributed by atoms with Crippen LogP contribution < -0.4 is 4.74 Å². The largest absolute Gasteiger partial charge is 0.490 e. The molecule has 0 unspecified atom stereocenters. The molecule has 3 aromatic rings. The van der Waals surface area contributed by atoms with Gasteiger partial charge < -0.3 is 14.5 Å².